The number of hydrogen-bond donors (Lipinski definition) is 1. The van der Waals surface area contributed by atoms with Crippen molar-refractivity contribution >= 4 is 29.9 Å². The molecule has 0 aromatic rings. The lowest BCUT2D eigenvalue weighted by atomic mass is 10.0. The number of rotatable bonds is 4. The van der Waals surface area contributed by atoms with Crippen molar-refractivity contribution in [1.82, 2.24) is 14.7 Å². The van der Waals surface area contributed by atoms with Gasteiger partial charge >= 0.3 is 0 Å². The molecule has 0 aliphatic carbocycles. The van der Waals surface area contributed by atoms with Crippen molar-refractivity contribution in [3.05, 3.63) is 0 Å². The van der Waals surface area contributed by atoms with Crippen LogP contribution in [0, 0.1) is 0 Å². The maximum atomic E-state index is 6.02. The van der Waals surface area contributed by atoms with E-state index in [2.05, 4.69) is 33.8 Å². The monoisotopic (exact) mass is 411 g/mol. The van der Waals surface area contributed by atoms with Gasteiger partial charge in [0, 0.05) is 25.7 Å². The minimum Gasteiger partial charge on any atom is -0.378 e. The summed E-state index contributed by atoms with van der Waals surface area (Å²) in [7, 11) is 4.35. The first-order valence-corrected chi connectivity index (χ1v) is 7.68. The van der Waals surface area contributed by atoms with E-state index in [0.29, 0.717) is 5.96 Å². The lowest BCUT2D eigenvalue weighted by Gasteiger charge is -2.35. The Labute approximate surface area is 145 Å². The Morgan fingerprint density at radius 3 is 2.38 bits per heavy atom. The average Bonchev–Trinajstić information content (AvgIpc) is 2.48. The molecule has 0 unspecified atom stereocenters. The van der Waals surface area contributed by atoms with Gasteiger partial charge in [0.25, 0.3) is 0 Å². The van der Waals surface area contributed by atoms with E-state index in [1.165, 1.54) is 25.9 Å². The third-order valence-corrected chi connectivity index (χ3v) is 4.31. The predicted octanol–water partition coefficient (Wildman–Crippen LogP) is 0.277. The number of morpholine rings is 1. The largest absolute Gasteiger partial charge is 0.378 e. The first-order valence-electron chi connectivity index (χ1n) is 7.68. The second-order valence-electron chi connectivity index (χ2n) is 5.88. The van der Waals surface area contributed by atoms with Crippen molar-refractivity contribution in [3.8, 4) is 0 Å². The van der Waals surface area contributed by atoms with E-state index >= 15 is 0 Å². The van der Waals surface area contributed by atoms with Gasteiger partial charge in [-0.2, -0.15) is 0 Å². The van der Waals surface area contributed by atoms with Crippen molar-refractivity contribution < 1.29 is 4.74 Å². The first kappa shape index (κ1) is 18.9. The lowest BCUT2D eigenvalue weighted by molar-refractivity contribution is 0.0673. The Morgan fingerprint density at radius 2 is 1.81 bits per heavy atom. The van der Waals surface area contributed by atoms with E-state index in [1.54, 1.807) is 0 Å². The first-order chi connectivity index (χ1) is 9.66. The zero-order valence-corrected chi connectivity index (χ0v) is 15.7. The molecule has 0 bridgehead atoms. The highest BCUT2D eigenvalue weighted by molar-refractivity contribution is 14.0. The highest BCUT2D eigenvalue weighted by atomic mass is 127. The predicted molar refractivity (Wildman–Crippen MR) is 97.4 cm³/mol. The molecule has 2 rings (SSSR count). The molecule has 0 spiro atoms. The van der Waals surface area contributed by atoms with Gasteiger partial charge in [-0.3, -0.25) is 4.99 Å². The molecule has 21 heavy (non-hydrogen) atoms. The fourth-order valence-corrected chi connectivity index (χ4v) is 2.86. The molecular weight excluding hydrogens is 381 g/mol. The van der Waals surface area contributed by atoms with Crippen molar-refractivity contribution in [2.24, 2.45) is 10.7 Å². The van der Waals surface area contributed by atoms with Crippen molar-refractivity contribution in [2.45, 2.75) is 18.9 Å². The standard InChI is InChI=1S/C14H29N5O.HI/c1-17(2)13-3-6-18(7-4-13)8-5-16-14(15)19-9-11-20-12-10-19;/h13H,3-12H2,1-2H3,(H2,15,16);1H. The van der Waals surface area contributed by atoms with Gasteiger partial charge in [0.05, 0.1) is 19.8 Å². The van der Waals surface area contributed by atoms with Gasteiger partial charge in [0.1, 0.15) is 0 Å². The highest BCUT2D eigenvalue weighted by Crippen LogP contribution is 2.13. The van der Waals surface area contributed by atoms with Crippen LogP contribution in [0.5, 0.6) is 0 Å². The Kier molecular flexibility index (Phi) is 8.84. The molecule has 2 N–H and O–H groups in total. The Morgan fingerprint density at radius 1 is 1.19 bits per heavy atom. The molecule has 2 fully saturated rings. The number of likely N-dealkylation sites (tertiary alicyclic amines) is 1. The Balaban J connectivity index is 0.00000220. The fourth-order valence-electron chi connectivity index (χ4n) is 2.86. The van der Waals surface area contributed by atoms with Crippen molar-refractivity contribution in [3.63, 3.8) is 0 Å². The minimum absolute atomic E-state index is 0. The van der Waals surface area contributed by atoms with Gasteiger partial charge in [0.15, 0.2) is 5.96 Å². The summed E-state index contributed by atoms with van der Waals surface area (Å²) in [5.41, 5.74) is 6.02. The summed E-state index contributed by atoms with van der Waals surface area (Å²) in [6, 6.07) is 0.744. The second-order valence-corrected chi connectivity index (χ2v) is 5.88. The number of aliphatic imine (C=N–C) groups is 1. The molecule has 124 valence electrons. The van der Waals surface area contributed by atoms with Crippen molar-refractivity contribution in [1.29, 1.82) is 0 Å². The maximum Gasteiger partial charge on any atom is 0.191 e. The highest BCUT2D eigenvalue weighted by Gasteiger charge is 2.20. The summed E-state index contributed by atoms with van der Waals surface area (Å²) in [4.78, 5) is 11.5. The molecule has 7 heteroatoms. The van der Waals surface area contributed by atoms with Gasteiger partial charge in [-0.15, -0.1) is 24.0 Å². The van der Waals surface area contributed by atoms with E-state index in [9.17, 15) is 0 Å². The van der Waals surface area contributed by atoms with E-state index in [-0.39, 0.29) is 24.0 Å². The number of nitrogens with two attached hydrogens (primary N) is 1. The molecule has 0 aromatic heterocycles. The van der Waals surface area contributed by atoms with Crippen LogP contribution in [0.3, 0.4) is 0 Å². The van der Waals surface area contributed by atoms with Crippen LogP contribution in [0.4, 0.5) is 0 Å². The summed E-state index contributed by atoms with van der Waals surface area (Å²) < 4.78 is 5.31. The lowest BCUT2D eigenvalue weighted by Crippen LogP contribution is -2.45. The van der Waals surface area contributed by atoms with Crippen LogP contribution in [0.15, 0.2) is 4.99 Å². The number of nitrogens with zero attached hydrogens (tertiary/aromatic N) is 4. The van der Waals surface area contributed by atoms with Crippen LogP contribution < -0.4 is 5.73 Å². The molecule has 0 radical (unpaired) electrons. The summed E-state index contributed by atoms with van der Waals surface area (Å²) in [5.74, 6) is 0.677. The van der Waals surface area contributed by atoms with Gasteiger partial charge in [-0.05, 0) is 40.0 Å². The average molecular weight is 411 g/mol. The fraction of sp³-hybridized carbons (Fsp3) is 0.929. The number of halogens is 1. The molecule has 0 saturated carbocycles. The Hall–Kier alpha value is -0.120. The van der Waals surface area contributed by atoms with Gasteiger partial charge in [-0.1, -0.05) is 0 Å². The maximum absolute atomic E-state index is 6.02. The summed E-state index contributed by atoms with van der Waals surface area (Å²) in [6.45, 7) is 7.42. The zero-order chi connectivity index (χ0) is 14.4. The molecule has 2 saturated heterocycles. The molecule has 2 heterocycles. The van der Waals surface area contributed by atoms with E-state index in [0.717, 1.165) is 45.4 Å². The minimum atomic E-state index is 0. The van der Waals surface area contributed by atoms with Crippen LogP contribution in [-0.2, 0) is 4.74 Å². The number of ether oxygens (including phenoxy) is 1. The normalized spacial score (nSPS) is 22.4. The quantitative estimate of drug-likeness (QED) is 0.409. The van der Waals surface area contributed by atoms with Crippen molar-refractivity contribution in [2.75, 3.05) is 66.6 Å². The van der Waals surface area contributed by atoms with Crippen LogP contribution in [0.2, 0.25) is 0 Å². The number of piperidine rings is 1. The summed E-state index contributed by atoms with van der Waals surface area (Å²) in [6.07, 6.45) is 2.52. The van der Waals surface area contributed by atoms with E-state index < -0.39 is 0 Å². The third-order valence-electron chi connectivity index (χ3n) is 4.31. The third kappa shape index (κ3) is 6.25. The topological polar surface area (TPSA) is 57.3 Å². The van der Waals surface area contributed by atoms with Crippen LogP contribution in [0.1, 0.15) is 12.8 Å². The molecule has 0 atom stereocenters. The van der Waals surface area contributed by atoms with Gasteiger partial charge in [0.2, 0.25) is 0 Å². The Bertz CT molecular complexity index is 312. The zero-order valence-electron chi connectivity index (χ0n) is 13.3. The van der Waals surface area contributed by atoms with Gasteiger partial charge < -0.3 is 25.2 Å². The SMILES string of the molecule is CN(C)C1CCN(CCN=C(N)N2CCOCC2)CC1.I. The van der Waals surface area contributed by atoms with Crippen LogP contribution in [0.25, 0.3) is 0 Å². The summed E-state index contributed by atoms with van der Waals surface area (Å²) >= 11 is 0. The molecule has 6 nitrogen and oxygen atoms in total. The second kappa shape index (κ2) is 9.81. The molecule has 2 aliphatic heterocycles. The van der Waals surface area contributed by atoms with E-state index in [4.69, 9.17) is 10.5 Å². The number of guanidine groups is 1. The molecule has 2 aliphatic rings. The van der Waals surface area contributed by atoms with E-state index in [1.807, 2.05) is 0 Å². The smallest absolute Gasteiger partial charge is 0.191 e. The van der Waals surface area contributed by atoms with Crippen LogP contribution in [-0.4, -0.2) is 93.3 Å². The summed E-state index contributed by atoms with van der Waals surface area (Å²) in [5, 5.41) is 0. The number of hydrogen-bond acceptors (Lipinski definition) is 4. The molecule has 0 amide bonds. The molecule has 0 aromatic carbocycles. The van der Waals surface area contributed by atoms with Crippen LogP contribution >= 0.6 is 24.0 Å². The van der Waals surface area contributed by atoms with Gasteiger partial charge in [-0.25, -0.2) is 0 Å². The molecular formula is C14H30IN5O.